The lowest BCUT2D eigenvalue weighted by molar-refractivity contribution is 0.579. The van der Waals surface area contributed by atoms with E-state index in [2.05, 4.69) is 0 Å². The first-order valence-electron chi connectivity index (χ1n) is 2.12. The van der Waals surface area contributed by atoms with Crippen molar-refractivity contribution in [2.45, 2.75) is 0 Å². The fraction of sp³-hybridized carbons (Fsp3) is 0. The van der Waals surface area contributed by atoms with Crippen LogP contribution in [0.4, 0.5) is 8.78 Å². The summed E-state index contributed by atoms with van der Waals surface area (Å²) in [6, 6.07) is 5.41. The number of hydrogen-bond donors (Lipinski definition) is 0. The first-order valence-corrected chi connectivity index (χ1v) is 2.12. The van der Waals surface area contributed by atoms with Crippen molar-refractivity contribution in [3.63, 3.8) is 0 Å². The Morgan fingerprint density at radius 3 is 1.88 bits per heavy atom. The van der Waals surface area contributed by atoms with Gasteiger partial charge in [0.25, 0.3) is 0 Å². The highest BCUT2D eigenvalue weighted by Crippen LogP contribution is 1.97. The minimum atomic E-state index is -0.662. The summed E-state index contributed by atoms with van der Waals surface area (Å²) in [6.45, 7) is 0. The Balaban J connectivity index is 3.08. The fourth-order valence-corrected chi connectivity index (χ4v) is 0.414. The highest BCUT2D eigenvalue weighted by Gasteiger charge is 1.89. The van der Waals surface area contributed by atoms with Crippen molar-refractivity contribution in [1.82, 2.24) is 0 Å². The molecule has 41 valence electrons. The first kappa shape index (κ1) is 5.22. The molecule has 0 aliphatic heterocycles. The van der Waals surface area contributed by atoms with Crippen LogP contribution in [0.15, 0.2) is 18.2 Å². The molecule has 0 saturated heterocycles. The Hall–Kier alpha value is -0.920. The molecule has 1 rings (SSSR count). The van der Waals surface area contributed by atoms with Gasteiger partial charge in [0.1, 0.15) is 11.6 Å². The number of benzene rings is 1. The van der Waals surface area contributed by atoms with E-state index in [1.165, 1.54) is 6.07 Å². The molecule has 0 unspecified atom stereocenters. The molecular formula is C6H3F2. The molecule has 0 heterocycles. The molecular weight excluding hydrogens is 110 g/mol. The summed E-state index contributed by atoms with van der Waals surface area (Å²) in [7, 11) is 0. The van der Waals surface area contributed by atoms with Crippen LogP contribution >= 0.6 is 0 Å². The monoisotopic (exact) mass is 113 g/mol. The third-order valence-electron chi connectivity index (χ3n) is 0.724. The van der Waals surface area contributed by atoms with Crippen LogP contribution in [0.1, 0.15) is 0 Å². The maximum atomic E-state index is 11.9. The van der Waals surface area contributed by atoms with Gasteiger partial charge >= 0.3 is 0 Å². The van der Waals surface area contributed by atoms with Gasteiger partial charge in [-0.3, -0.25) is 0 Å². The zero-order chi connectivity index (χ0) is 5.98. The van der Waals surface area contributed by atoms with Crippen molar-refractivity contribution < 1.29 is 8.78 Å². The molecule has 1 aromatic carbocycles. The second-order valence-corrected chi connectivity index (χ2v) is 1.35. The van der Waals surface area contributed by atoms with Crippen LogP contribution in [-0.4, -0.2) is 0 Å². The highest BCUT2D eigenvalue weighted by molar-refractivity contribution is 5.03. The fourth-order valence-electron chi connectivity index (χ4n) is 0.414. The van der Waals surface area contributed by atoms with Crippen LogP contribution in [-0.2, 0) is 0 Å². The second kappa shape index (κ2) is 1.90. The first-order chi connectivity index (χ1) is 3.79. The molecule has 0 saturated carbocycles. The number of hydrogen-bond acceptors (Lipinski definition) is 0. The second-order valence-electron chi connectivity index (χ2n) is 1.35. The zero-order valence-corrected chi connectivity index (χ0v) is 3.99. The third-order valence-corrected chi connectivity index (χ3v) is 0.724. The van der Waals surface area contributed by atoms with Gasteiger partial charge in [-0.05, 0) is 12.1 Å². The third kappa shape index (κ3) is 1.03. The van der Waals surface area contributed by atoms with Gasteiger partial charge in [-0.1, -0.05) is 6.07 Å². The predicted octanol–water partition coefficient (Wildman–Crippen LogP) is 1.76. The van der Waals surface area contributed by atoms with Gasteiger partial charge in [-0.25, -0.2) is 8.78 Å². The van der Waals surface area contributed by atoms with Crippen LogP contribution in [0, 0.1) is 17.7 Å². The molecule has 0 aromatic heterocycles. The molecule has 1 aromatic rings. The van der Waals surface area contributed by atoms with E-state index in [4.69, 9.17) is 0 Å². The summed E-state index contributed by atoms with van der Waals surface area (Å²) in [5.41, 5.74) is 0. The molecule has 0 N–H and O–H groups in total. The summed E-state index contributed by atoms with van der Waals surface area (Å²) in [4.78, 5) is 0. The van der Waals surface area contributed by atoms with Crippen molar-refractivity contribution >= 4 is 0 Å². The van der Waals surface area contributed by atoms with E-state index in [1.54, 1.807) is 0 Å². The molecule has 0 spiro atoms. The summed E-state index contributed by atoms with van der Waals surface area (Å²) >= 11 is 0. The van der Waals surface area contributed by atoms with Crippen molar-refractivity contribution in [3.05, 3.63) is 35.9 Å². The molecule has 0 fully saturated rings. The van der Waals surface area contributed by atoms with Crippen LogP contribution in [0.25, 0.3) is 0 Å². The predicted molar refractivity (Wildman–Crippen MR) is 25.2 cm³/mol. The lowest BCUT2D eigenvalue weighted by atomic mass is 10.3. The highest BCUT2D eigenvalue weighted by atomic mass is 19.1. The van der Waals surface area contributed by atoms with Gasteiger partial charge < -0.3 is 0 Å². The standard InChI is InChI=1S/C6H3F2/c7-5-2-1-3-6(8)4-5/h1-3H. The van der Waals surface area contributed by atoms with E-state index in [0.717, 1.165) is 12.1 Å². The van der Waals surface area contributed by atoms with Crippen molar-refractivity contribution in [2.24, 2.45) is 0 Å². The summed E-state index contributed by atoms with van der Waals surface area (Å²) in [5, 5.41) is 0. The van der Waals surface area contributed by atoms with Gasteiger partial charge in [-0.2, -0.15) is 0 Å². The van der Waals surface area contributed by atoms with Crippen molar-refractivity contribution in [3.8, 4) is 0 Å². The maximum Gasteiger partial charge on any atom is 0.134 e. The lowest BCUT2D eigenvalue weighted by Gasteiger charge is -1.83. The maximum absolute atomic E-state index is 11.9. The van der Waals surface area contributed by atoms with E-state index in [9.17, 15) is 8.78 Å². The van der Waals surface area contributed by atoms with E-state index in [1.807, 2.05) is 6.07 Å². The van der Waals surface area contributed by atoms with Gasteiger partial charge in [0.15, 0.2) is 0 Å². The topological polar surface area (TPSA) is 0 Å². The number of halogens is 2. The van der Waals surface area contributed by atoms with E-state index < -0.39 is 11.6 Å². The average Bonchev–Trinajstić information content (AvgIpc) is 1.64. The summed E-state index contributed by atoms with van der Waals surface area (Å²) in [6.07, 6.45) is 0. The van der Waals surface area contributed by atoms with Crippen molar-refractivity contribution in [1.29, 1.82) is 0 Å². The molecule has 0 aliphatic carbocycles. The normalized spacial score (nSPS) is 9.25. The molecule has 0 amide bonds. The van der Waals surface area contributed by atoms with E-state index in [0.29, 0.717) is 0 Å². The largest absolute Gasteiger partial charge is 0.206 e. The van der Waals surface area contributed by atoms with E-state index >= 15 is 0 Å². The molecule has 0 atom stereocenters. The van der Waals surface area contributed by atoms with Gasteiger partial charge in [0.05, 0.1) is 6.07 Å². The van der Waals surface area contributed by atoms with E-state index in [-0.39, 0.29) is 0 Å². The Labute approximate surface area is 45.8 Å². The molecule has 0 nitrogen and oxygen atoms in total. The summed E-state index contributed by atoms with van der Waals surface area (Å²) < 4.78 is 23.7. The molecule has 0 bridgehead atoms. The van der Waals surface area contributed by atoms with Crippen LogP contribution in [0.2, 0.25) is 0 Å². The molecule has 8 heavy (non-hydrogen) atoms. The zero-order valence-electron chi connectivity index (χ0n) is 3.99. The average molecular weight is 113 g/mol. The molecule has 0 aliphatic rings. The minimum absolute atomic E-state index is 0.662. The number of rotatable bonds is 0. The van der Waals surface area contributed by atoms with Gasteiger partial charge in [0.2, 0.25) is 0 Å². The van der Waals surface area contributed by atoms with Crippen molar-refractivity contribution in [2.75, 3.05) is 0 Å². The van der Waals surface area contributed by atoms with Crippen LogP contribution in [0.3, 0.4) is 0 Å². The Kier molecular flexibility index (Phi) is 1.24. The van der Waals surface area contributed by atoms with Gasteiger partial charge in [-0.15, -0.1) is 0 Å². The summed E-state index contributed by atoms with van der Waals surface area (Å²) in [5.74, 6) is -1.32. The molecule has 2 heteroatoms. The van der Waals surface area contributed by atoms with Gasteiger partial charge in [0, 0.05) is 0 Å². The Morgan fingerprint density at radius 2 is 1.62 bits per heavy atom. The van der Waals surface area contributed by atoms with Crippen LogP contribution < -0.4 is 0 Å². The Morgan fingerprint density at radius 1 is 1.12 bits per heavy atom. The smallest absolute Gasteiger partial charge is 0.134 e. The molecule has 1 radical (unpaired) electrons. The Bertz CT molecular complexity index is 166. The SMILES string of the molecule is Fc1[c]c(F)ccc1. The lowest BCUT2D eigenvalue weighted by Crippen LogP contribution is -1.74. The van der Waals surface area contributed by atoms with Crippen LogP contribution in [0.5, 0.6) is 0 Å². The minimum Gasteiger partial charge on any atom is -0.206 e. The quantitative estimate of drug-likeness (QED) is 0.481.